The van der Waals surface area contributed by atoms with Crippen LogP contribution in [0.3, 0.4) is 0 Å². The van der Waals surface area contributed by atoms with E-state index in [1.165, 1.54) is 12.5 Å². The van der Waals surface area contributed by atoms with Crippen molar-refractivity contribution < 1.29 is 14.7 Å². The van der Waals surface area contributed by atoms with Crippen LogP contribution in [0.25, 0.3) is 0 Å². The number of aliphatic carboxylic acids is 1. The third kappa shape index (κ3) is 3.05. The molecule has 6 nitrogen and oxygen atoms in total. The van der Waals surface area contributed by atoms with Gasteiger partial charge in [-0.1, -0.05) is 20.3 Å². The van der Waals surface area contributed by atoms with E-state index < -0.39 is 17.9 Å². The fraction of sp³-hybridized carbons (Fsp3) is 0.545. The number of aryl methyl sites for hydroxylation is 1. The monoisotopic (exact) mass is 239 g/mol. The highest BCUT2D eigenvalue weighted by Gasteiger charge is 2.26. The van der Waals surface area contributed by atoms with Gasteiger partial charge in [0, 0.05) is 7.05 Å². The van der Waals surface area contributed by atoms with Gasteiger partial charge in [-0.25, -0.2) is 9.78 Å². The van der Waals surface area contributed by atoms with Crippen LogP contribution in [0.4, 0.5) is 0 Å². The second kappa shape index (κ2) is 5.47. The van der Waals surface area contributed by atoms with E-state index in [4.69, 9.17) is 5.11 Å². The molecule has 1 heterocycles. The predicted molar refractivity (Wildman–Crippen MR) is 61.6 cm³/mol. The first-order chi connectivity index (χ1) is 7.97. The van der Waals surface area contributed by atoms with Crippen LogP contribution >= 0.6 is 0 Å². The summed E-state index contributed by atoms with van der Waals surface area (Å²) in [7, 11) is 1.68. The van der Waals surface area contributed by atoms with Crippen molar-refractivity contribution in [2.45, 2.75) is 26.3 Å². The number of rotatable bonds is 5. The molecule has 1 rings (SSSR count). The lowest BCUT2D eigenvalue weighted by molar-refractivity contribution is -0.140. The summed E-state index contributed by atoms with van der Waals surface area (Å²) in [5, 5.41) is 11.6. The molecule has 6 heteroatoms. The normalized spacial score (nSPS) is 14.1. The number of aromatic nitrogens is 2. The molecule has 0 spiro atoms. The molecule has 0 saturated carbocycles. The predicted octanol–water partition coefficient (Wildman–Crippen LogP) is 0.649. The standard InChI is InChI=1S/C11H17N3O3/c1-4-7(2)9(11(16)17)13-10(15)8-5-12-6-14(8)3/h5-7,9H,4H2,1-3H3,(H,13,15)(H,16,17)/t7-,9-/m0/s1. The zero-order valence-electron chi connectivity index (χ0n) is 10.2. The van der Waals surface area contributed by atoms with Gasteiger partial charge in [-0.2, -0.15) is 0 Å². The van der Waals surface area contributed by atoms with Gasteiger partial charge in [0.05, 0.1) is 12.5 Å². The molecule has 2 atom stereocenters. The maximum atomic E-state index is 11.8. The van der Waals surface area contributed by atoms with Gasteiger partial charge >= 0.3 is 5.97 Å². The van der Waals surface area contributed by atoms with E-state index in [-0.39, 0.29) is 5.92 Å². The Morgan fingerprint density at radius 1 is 1.59 bits per heavy atom. The maximum absolute atomic E-state index is 11.8. The summed E-state index contributed by atoms with van der Waals surface area (Å²) >= 11 is 0. The highest BCUT2D eigenvalue weighted by Crippen LogP contribution is 2.09. The Morgan fingerprint density at radius 2 is 2.24 bits per heavy atom. The van der Waals surface area contributed by atoms with E-state index in [1.54, 1.807) is 18.5 Å². The highest BCUT2D eigenvalue weighted by atomic mass is 16.4. The van der Waals surface area contributed by atoms with Crippen molar-refractivity contribution >= 4 is 11.9 Å². The lowest BCUT2D eigenvalue weighted by atomic mass is 9.99. The summed E-state index contributed by atoms with van der Waals surface area (Å²) < 4.78 is 1.55. The minimum atomic E-state index is -1.02. The number of amides is 1. The molecule has 0 radical (unpaired) electrons. The van der Waals surface area contributed by atoms with Crippen LogP contribution in [0.15, 0.2) is 12.5 Å². The zero-order chi connectivity index (χ0) is 13.0. The van der Waals surface area contributed by atoms with Crippen molar-refractivity contribution in [2.24, 2.45) is 13.0 Å². The van der Waals surface area contributed by atoms with Crippen LogP contribution in [-0.2, 0) is 11.8 Å². The number of nitrogens with one attached hydrogen (secondary N) is 1. The van der Waals surface area contributed by atoms with Gasteiger partial charge in [-0.05, 0) is 5.92 Å². The number of hydrogen-bond donors (Lipinski definition) is 2. The second-order valence-corrected chi connectivity index (χ2v) is 4.06. The Bertz CT molecular complexity index is 414. The molecule has 0 aromatic carbocycles. The van der Waals surface area contributed by atoms with Crippen LogP contribution in [0.2, 0.25) is 0 Å². The van der Waals surface area contributed by atoms with Gasteiger partial charge in [-0.3, -0.25) is 4.79 Å². The smallest absolute Gasteiger partial charge is 0.326 e. The van der Waals surface area contributed by atoms with Crippen molar-refractivity contribution in [3.8, 4) is 0 Å². The van der Waals surface area contributed by atoms with Crippen molar-refractivity contribution in [1.82, 2.24) is 14.9 Å². The number of carboxylic acid groups (broad SMARTS) is 1. The van der Waals surface area contributed by atoms with Gasteiger partial charge in [0.1, 0.15) is 11.7 Å². The van der Waals surface area contributed by atoms with Gasteiger partial charge < -0.3 is 15.0 Å². The molecule has 1 aromatic rings. The topological polar surface area (TPSA) is 84.2 Å². The summed E-state index contributed by atoms with van der Waals surface area (Å²) in [6, 6.07) is -0.873. The molecule has 0 aliphatic carbocycles. The number of carbonyl (C=O) groups excluding carboxylic acids is 1. The second-order valence-electron chi connectivity index (χ2n) is 4.06. The quantitative estimate of drug-likeness (QED) is 0.790. The van der Waals surface area contributed by atoms with Crippen molar-refractivity contribution in [2.75, 3.05) is 0 Å². The van der Waals surface area contributed by atoms with Crippen LogP contribution in [0.1, 0.15) is 30.8 Å². The summed E-state index contributed by atoms with van der Waals surface area (Å²) in [6.07, 6.45) is 3.58. The fourth-order valence-corrected chi connectivity index (χ4v) is 1.47. The Kier molecular flexibility index (Phi) is 4.25. The molecule has 0 saturated heterocycles. The maximum Gasteiger partial charge on any atom is 0.326 e. The number of hydrogen-bond acceptors (Lipinski definition) is 3. The van der Waals surface area contributed by atoms with Gasteiger partial charge in [0.25, 0.3) is 5.91 Å². The first-order valence-electron chi connectivity index (χ1n) is 5.47. The van der Waals surface area contributed by atoms with E-state index in [9.17, 15) is 9.59 Å². The van der Waals surface area contributed by atoms with Crippen LogP contribution in [0.5, 0.6) is 0 Å². The molecule has 0 fully saturated rings. The lowest BCUT2D eigenvalue weighted by Crippen LogP contribution is -2.45. The molecule has 17 heavy (non-hydrogen) atoms. The number of nitrogens with zero attached hydrogens (tertiary/aromatic N) is 2. The van der Waals surface area contributed by atoms with Crippen LogP contribution in [0, 0.1) is 5.92 Å². The molecule has 1 amide bonds. The van der Waals surface area contributed by atoms with E-state index in [0.29, 0.717) is 12.1 Å². The summed E-state index contributed by atoms with van der Waals surface area (Å²) in [5.41, 5.74) is 0.347. The molecule has 94 valence electrons. The molecule has 0 bridgehead atoms. The first-order valence-corrected chi connectivity index (χ1v) is 5.47. The summed E-state index contributed by atoms with van der Waals surface area (Å²) in [6.45, 7) is 3.68. The Balaban J connectivity index is 2.78. The Hall–Kier alpha value is -1.85. The minimum Gasteiger partial charge on any atom is -0.480 e. The van der Waals surface area contributed by atoms with E-state index in [1.807, 2.05) is 6.92 Å². The number of carboxylic acids is 1. The summed E-state index contributed by atoms with van der Waals surface area (Å²) in [4.78, 5) is 26.7. The van der Waals surface area contributed by atoms with E-state index >= 15 is 0 Å². The average Bonchev–Trinajstić information content (AvgIpc) is 2.70. The molecule has 0 aliphatic rings. The molecule has 0 aliphatic heterocycles. The molecular weight excluding hydrogens is 222 g/mol. The van der Waals surface area contributed by atoms with Crippen molar-refractivity contribution in [3.63, 3.8) is 0 Å². The van der Waals surface area contributed by atoms with Crippen LogP contribution < -0.4 is 5.32 Å². The van der Waals surface area contributed by atoms with Crippen molar-refractivity contribution in [3.05, 3.63) is 18.2 Å². The third-order valence-electron chi connectivity index (χ3n) is 2.81. The molecule has 1 aromatic heterocycles. The Labute approximate surface area is 99.7 Å². The molecular formula is C11H17N3O3. The average molecular weight is 239 g/mol. The first kappa shape index (κ1) is 13.2. The zero-order valence-corrected chi connectivity index (χ0v) is 10.2. The lowest BCUT2D eigenvalue weighted by Gasteiger charge is -2.19. The van der Waals surface area contributed by atoms with Crippen LogP contribution in [-0.4, -0.2) is 32.6 Å². The van der Waals surface area contributed by atoms with Gasteiger partial charge in [0.15, 0.2) is 0 Å². The number of carbonyl (C=O) groups is 2. The molecule has 2 N–H and O–H groups in total. The summed E-state index contributed by atoms with van der Waals surface area (Å²) in [5.74, 6) is -1.56. The van der Waals surface area contributed by atoms with Gasteiger partial charge in [-0.15, -0.1) is 0 Å². The molecule has 0 unspecified atom stereocenters. The number of imidazole rings is 1. The Morgan fingerprint density at radius 3 is 2.65 bits per heavy atom. The largest absolute Gasteiger partial charge is 0.480 e. The highest BCUT2D eigenvalue weighted by molar-refractivity contribution is 5.95. The van der Waals surface area contributed by atoms with Gasteiger partial charge in [0.2, 0.25) is 0 Å². The SMILES string of the molecule is CC[C@H](C)[C@H](NC(=O)c1cncn1C)C(=O)O. The fourth-order valence-electron chi connectivity index (χ4n) is 1.47. The third-order valence-corrected chi connectivity index (χ3v) is 2.81. The van der Waals surface area contributed by atoms with Crippen molar-refractivity contribution in [1.29, 1.82) is 0 Å². The van der Waals surface area contributed by atoms with E-state index in [2.05, 4.69) is 10.3 Å². The minimum absolute atomic E-state index is 0.121. The van der Waals surface area contributed by atoms with E-state index in [0.717, 1.165) is 0 Å².